The van der Waals surface area contributed by atoms with E-state index in [1.165, 1.54) is 53.6 Å². The van der Waals surface area contributed by atoms with Crippen molar-refractivity contribution < 1.29 is 36.2 Å². The molecule has 1 N–H and O–H groups in total. The van der Waals surface area contributed by atoms with E-state index < -0.39 is 48.3 Å². The van der Waals surface area contributed by atoms with Crippen LogP contribution in [0.2, 0.25) is 5.02 Å². The number of alkyl halides is 6. The molecule has 17 heteroatoms. The Bertz CT molecular complexity index is 1660. The molecular weight excluding hydrogens is 596 g/mol. The Hall–Kier alpha value is -4.05. The number of pyridine rings is 1. The predicted molar refractivity (Wildman–Crippen MR) is 134 cm³/mol. The Morgan fingerprint density at radius 1 is 1.07 bits per heavy atom. The quantitative estimate of drug-likeness (QED) is 0.286. The molecule has 0 spiro atoms. The second-order valence-electron chi connectivity index (χ2n) is 9.65. The molecule has 1 aliphatic carbocycles. The van der Waals surface area contributed by atoms with Crippen LogP contribution in [0.5, 0.6) is 0 Å². The van der Waals surface area contributed by atoms with Gasteiger partial charge < -0.3 is 5.11 Å². The van der Waals surface area contributed by atoms with E-state index in [2.05, 4.69) is 20.2 Å². The topological polar surface area (TPSA) is 121 Å². The molecule has 1 aliphatic rings. The van der Waals surface area contributed by atoms with Crippen molar-refractivity contribution in [2.24, 2.45) is 11.8 Å². The monoisotopic (exact) mass is 615 g/mol. The summed E-state index contributed by atoms with van der Waals surface area (Å²) in [6.07, 6.45) is -10.3. The lowest BCUT2D eigenvalue weighted by atomic mass is 10.1. The van der Waals surface area contributed by atoms with Gasteiger partial charge in [-0.1, -0.05) is 11.6 Å². The van der Waals surface area contributed by atoms with Crippen molar-refractivity contribution in [1.82, 2.24) is 34.1 Å². The number of carbonyl (C=O) groups is 1. The maximum absolute atomic E-state index is 13.1. The molecule has 3 heterocycles. The molecule has 42 heavy (non-hydrogen) atoms. The summed E-state index contributed by atoms with van der Waals surface area (Å²) >= 11 is 5.89. The molecule has 0 saturated heterocycles. The molecule has 4 aromatic rings. The second kappa shape index (κ2) is 11.0. The lowest BCUT2D eigenvalue weighted by Crippen LogP contribution is -2.37. The molecule has 0 radical (unpaired) electrons. The number of aliphatic hydroxyl groups excluding tert-OH is 1. The van der Waals surface area contributed by atoms with Gasteiger partial charge in [-0.05, 0) is 42.8 Å². The molecular formula is C25H20ClF6N7O3. The first-order valence-electron chi connectivity index (χ1n) is 12.3. The SMILES string of the molecule is O=C(Cc1ncccc1-n1cnc(Cn2nc(-c3ccc(Cl)cc3)n(C[C@H](O)C(F)(F)F)c2=O)n1)[C@H]1CC1C(F)(F)F. The lowest BCUT2D eigenvalue weighted by Gasteiger charge is -2.15. The van der Waals surface area contributed by atoms with Crippen LogP contribution in [0.1, 0.15) is 17.9 Å². The molecule has 3 atom stereocenters. The molecule has 222 valence electrons. The maximum atomic E-state index is 13.1. The Labute approximate surface area is 237 Å². The molecule has 0 bridgehead atoms. The number of Topliss-reactive ketones (excluding diaryl/α,β-unsaturated/α-hetero) is 1. The van der Waals surface area contributed by atoms with Gasteiger partial charge in [0.1, 0.15) is 18.7 Å². The van der Waals surface area contributed by atoms with E-state index in [0.29, 0.717) is 9.59 Å². The highest BCUT2D eigenvalue weighted by Crippen LogP contribution is 2.50. The van der Waals surface area contributed by atoms with Gasteiger partial charge in [0.15, 0.2) is 17.8 Å². The smallest absolute Gasteiger partial charge is 0.382 e. The van der Waals surface area contributed by atoms with Crippen LogP contribution in [0.3, 0.4) is 0 Å². The first-order chi connectivity index (χ1) is 19.7. The summed E-state index contributed by atoms with van der Waals surface area (Å²) in [4.78, 5) is 33.8. The van der Waals surface area contributed by atoms with E-state index in [0.717, 1.165) is 4.68 Å². The first-order valence-corrected chi connectivity index (χ1v) is 12.7. The Morgan fingerprint density at radius 3 is 2.43 bits per heavy atom. The van der Waals surface area contributed by atoms with Crippen molar-refractivity contribution in [1.29, 1.82) is 0 Å². The van der Waals surface area contributed by atoms with Gasteiger partial charge in [-0.2, -0.15) is 26.3 Å². The lowest BCUT2D eigenvalue weighted by molar-refractivity contribution is -0.207. The van der Waals surface area contributed by atoms with Crippen LogP contribution in [0.4, 0.5) is 26.3 Å². The van der Waals surface area contributed by atoms with Crippen molar-refractivity contribution in [2.75, 3.05) is 0 Å². The van der Waals surface area contributed by atoms with Gasteiger partial charge in [0.05, 0.1) is 30.3 Å². The standard InChI is InChI=1S/C25H20ClF6N7O3/c26-14-5-3-13(4-6-14)22-36-38(23(42)37(22)10-20(41)25(30,31)32)11-21-34-12-39(35-21)18-2-1-7-33-17(18)9-19(40)15-8-16(15)24(27,28)29/h1-7,12,15-16,20,41H,8-11H2/t15-,16?,20-/m0/s1. The van der Waals surface area contributed by atoms with Gasteiger partial charge in [0, 0.05) is 22.7 Å². The van der Waals surface area contributed by atoms with Gasteiger partial charge >= 0.3 is 18.0 Å². The molecule has 1 unspecified atom stereocenters. The van der Waals surface area contributed by atoms with Gasteiger partial charge in [-0.25, -0.2) is 19.1 Å². The largest absolute Gasteiger partial charge is 0.416 e. The van der Waals surface area contributed by atoms with Gasteiger partial charge in [0.2, 0.25) is 0 Å². The molecule has 3 aromatic heterocycles. The maximum Gasteiger partial charge on any atom is 0.416 e. The summed E-state index contributed by atoms with van der Waals surface area (Å²) in [7, 11) is 0. The fraction of sp³-hybridized carbons (Fsp3) is 0.360. The zero-order valence-electron chi connectivity index (χ0n) is 21.2. The minimum Gasteiger partial charge on any atom is -0.382 e. The molecule has 5 rings (SSSR count). The summed E-state index contributed by atoms with van der Waals surface area (Å²) < 4.78 is 80.7. The van der Waals surface area contributed by atoms with Crippen molar-refractivity contribution in [3.05, 3.63) is 75.9 Å². The van der Waals surface area contributed by atoms with Crippen molar-refractivity contribution in [3.8, 4) is 17.1 Å². The number of carbonyl (C=O) groups excluding carboxylic acids is 1. The van der Waals surface area contributed by atoms with E-state index in [-0.39, 0.29) is 48.0 Å². The third-order valence-corrected chi connectivity index (χ3v) is 6.92. The Balaban J connectivity index is 1.40. The van der Waals surface area contributed by atoms with Crippen LogP contribution in [-0.4, -0.2) is 63.4 Å². The summed E-state index contributed by atoms with van der Waals surface area (Å²) in [5, 5.41) is 18.4. The summed E-state index contributed by atoms with van der Waals surface area (Å²) in [6, 6.07) is 8.86. The third-order valence-electron chi connectivity index (χ3n) is 6.67. The number of aliphatic hydroxyl groups is 1. The van der Waals surface area contributed by atoms with Crippen molar-refractivity contribution in [3.63, 3.8) is 0 Å². The van der Waals surface area contributed by atoms with E-state index in [1.807, 2.05) is 0 Å². The number of nitrogens with zero attached hydrogens (tertiary/aromatic N) is 7. The number of benzene rings is 1. The predicted octanol–water partition coefficient (Wildman–Crippen LogP) is 3.62. The number of ketones is 1. The van der Waals surface area contributed by atoms with Gasteiger partial charge in [0.25, 0.3) is 0 Å². The summed E-state index contributed by atoms with van der Waals surface area (Å²) in [5.41, 5.74) is -0.284. The number of aromatic nitrogens is 7. The molecule has 1 aromatic carbocycles. The summed E-state index contributed by atoms with van der Waals surface area (Å²) in [6.45, 7) is -1.50. The van der Waals surface area contributed by atoms with Crippen LogP contribution in [-0.2, 0) is 24.3 Å². The average Bonchev–Trinajstić information content (AvgIpc) is 3.54. The number of hydrogen-bond acceptors (Lipinski definition) is 7. The van der Waals surface area contributed by atoms with Crippen LogP contribution in [0, 0.1) is 11.8 Å². The van der Waals surface area contributed by atoms with E-state index in [4.69, 9.17) is 11.6 Å². The van der Waals surface area contributed by atoms with Gasteiger partial charge in [-0.15, -0.1) is 10.2 Å². The highest BCUT2D eigenvalue weighted by atomic mass is 35.5. The fourth-order valence-corrected chi connectivity index (χ4v) is 4.53. The third kappa shape index (κ3) is 6.23. The van der Waals surface area contributed by atoms with Crippen LogP contribution < -0.4 is 5.69 Å². The average molecular weight is 616 g/mol. The van der Waals surface area contributed by atoms with E-state index >= 15 is 0 Å². The molecule has 0 amide bonds. The summed E-state index contributed by atoms with van der Waals surface area (Å²) in [5.74, 6) is -3.56. The molecule has 1 saturated carbocycles. The highest BCUT2D eigenvalue weighted by Gasteiger charge is 2.58. The Morgan fingerprint density at radius 2 is 1.79 bits per heavy atom. The van der Waals surface area contributed by atoms with Gasteiger partial charge in [-0.3, -0.25) is 14.3 Å². The minimum atomic E-state index is -4.99. The van der Waals surface area contributed by atoms with E-state index in [9.17, 15) is 41.0 Å². The Kier molecular flexibility index (Phi) is 7.70. The molecule has 1 fully saturated rings. The van der Waals surface area contributed by atoms with E-state index in [1.54, 1.807) is 0 Å². The number of rotatable bonds is 9. The fourth-order valence-electron chi connectivity index (χ4n) is 4.40. The number of halogens is 7. The number of hydrogen-bond donors (Lipinski definition) is 1. The normalized spacial score (nSPS) is 17.8. The van der Waals surface area contributed by atoms with Crippen LogP contribution in [0.25, 0.3) is 17.1 Å². The minimum absolute atomic E-state index is 0.00114. The zero-order chi connectivity index (χ0) is 30.4. The first kappa shape index (κ1) is 29.4. The van der Waals surface area contributed by atoms with Crippen LogP contribution in [0.15, 0.2) is 53.7 Å². The second-order valence-corrected chi connectivity index (χ2v) is 10.1. The molecule has 10 nitrogen and oxygen atoms in total. The highest BCUT2D eigenvalue weighted by molar-refractivity contribution is 6.30. The zero-order valence-corrected chi connectivity index (χ0v) is 22.0. The van der Waals surface area contributed by atoms with Crippen molar-refractivity contribution >= 4 is 17.4 Å². The van der Waals surface area contributed by atoms with Crippen LogP contribution >= 0.6 is 11.6 Å². The molecule has 0 aliphatic heterocycles. The van der Waals surface area contributed by atoms with Crippen molar-refractivity contribution in [2.45, 2.75) is 44.4 Å².